The molecule has 0 fully saturated rings. The highest BCUT2D eigenvalue weighted by Crippen LogP contribution is 2.27. The molecule has 0 radical (unpaired) electrons. The summed E-state index contributed by atoms with van der Waals surface area (Å²) in [4.78, 5) is 34.5. The molecule has 1 aliphatic carbocycles. The fraction of sp³-hybridized carbons (Fsp3) is 0.273. The normalized spacial score (nSPS) is 14.2. The summed E-state index contributed by atoms with van der Waals surface area (Å²) in [5.74, 6) is -0.239. The number of amides is 1. The van der Waals surface area contributed by atoms with Gasteiger partial charge in [0.2, 0.25) is 23.2 Å². The lowest BCUT2D eigenvalue weighted by molar-refractivity contribution is -0.118. The number of ketones is 2. The van der Waals surface area contributed by atoms with Crippen molar-refractivity contribution in [3.05, 3.63) is 28.5 Å². The molecule has 0 spiro atoms. The average molecular weight is 266 g/mol. The minimum absolute atomic E-state index is 0.00814. The molecule has 2 rings (SSSR count). The molecule has 0 unspecified atom stereocenters. The highest BCUT2D eigenvalue weighted by molar-refractivity contribution is 8.04. The van der Waals surface area contributed by atoms with E-state index in [4.69, 9.17) is 4.52 Å². The second-order valence-electron chi connectivity index (χ2n) is 3.60. The van der Waals surface area contributed by atoms with E-state index in [-0.39, 0.29) is 28.8 Å². The number of hydrogen-bond acceptors (Lipinski definition) is 6. The fourth-order valence-electron chi connectivity index (χ4n) is 1.46. The Labute approximate surface area is 107 Å². The second kappa shape index (κ2) is 5.18. The van der Waals surface area contributed by atoms with Crippen LogP contribution in [0.3, 0.4) is 0 Å². The van der Waals surface area contributed by atoms with Gasteiger partial charge >= 0.3 is 0 Å². The van der Waals surface area contributed by atoms with Crippen LogP contribution in [0.15, 0.2) is 21.7 Å². The Bertz CT molecular complexity index is 547. The highest BCUT2D eigenvalue weighted by Gasteiger charge is 2.29. The van der Waals surface area contributed by atoms with Crippen LogP contribution in [-0.2, 0) is 4.79 Å². The molecule has 0 aliphatic heterocycles. The first-order valence-electron chi connectivity index (χ1n) is 5.22. The number of nitrogens with zero attached hydrogens (tertiary/aromatic N) is 1. The van der Waals surface area contributed by atoms with E-state index in [1.165, 1.54) is 31.0 Å². The lowest BCUT2D eigenvalue weighted by Gasteiger charge is -2.09. The first kappa shape index (κ1) is 12.6. The monoisotopic (exact) mass is 266 g/mol. The molecule has 0 aromatic carbocycles. The van der Waals surface area contributed by atoms with Crippen molar-refractivity contribution in [1.82, 2.24) is 10.5 Å². The van der Waals surface area contributed by atoms with Crippen LogP contribution >= 0.6 is 11.8 Å². The molecule has 1 aliphatic rings. The molecule has 0 saturated carbocycles. The number of nitrogens with one attached hydrogen (secondary N) is 1. The molecule has 0 atom stereocenters. The molecule has 7 heteroatoms. The summed E-state index contributed by atoms with van der Waals surface area (Å²) in [5, 5.41) is 6.05. The number of aromatic nitrogens is 1. The largest absolute Gasteiger partial charge is 0.356 e. The Hall–Kier alpha value is -1.89. The molecule has 6 nitrogen and oxygen atoms in total. The van der Waals surface area contributed by atoms with Gasteiger partial charge < -0.3 is 9.84 Å². The van der Waals surface area contributed by atoms with Crippen LogP contribution < -0.4 is 5.32 Å². The van der Waals surface area contributed by atoms with Crippen LogP contribution in [0.4, 0.5) is 0 Å². The molecule has 0 saturated heterocycles. The summed E-state index contributed by atoms with van der Waals surface area (Å²) in [6, 6.07) is 0. The Morgan fingerprint density at radius 1 is 1.50 bits per heavy atom. The minimum atomic E-state index is -0.357. The molecule has 0 bridgehead atoms. The molecule has 18 heavy (non-hydrogen) atoms. The van der Waals surface area contributed by atoms with Crippen LogP contribution in [0.5, 0.6) is 0 Å². The molecule has 1 aromatic heterocycles. The van der Waals surface area contributed by atoms with Gasteiger partial charge in [-0.3, -0.25) is 14.4 Å². The average Bonchev–Trinajstić information content (AvgIpc) is 2.80. The van der Waals surface area contributed by atoms with Crippen LogP contribution in [-0.4, -0.2) is 34.9 Å². The van der Waals surface area contributed by atoms with Crippen molar-refractivity contribution in [3.63, 3.8) is 0 Å². The summed E-state index contributed by atoms with van der Waals surface area (Å²) in [6.45, 7) is 1.86. The van der Waals surface area contributed by atoms with E-state index in [0.29, 0.717) is 17.2 Å². The van der Waals surface area contributed by atoms with E-state index in [1.807, 2.05) is 0 Å². The third kappa shape index (κ3) is 2.51. The zero-order valence-corrected chi connectivity index (χ0v) is 10.4. The van der Waals surface area contributed by atoms with Gasteiger partial charge in [-0.15, -0.1) is 11.8 Å². The first-order valence-corrected chi connectivity index (χ1v) is 6.21. The summed E-state index contributed by atoms with van der Waals surface area (Å²) < 4.78 is 4.71. The van der Waals surface area contributed by atoms with Crippen molar-refractivity contribution in [3.8, 4) is 0 Å². The van der Waals surface area contributed by atoms with Gasteiger partial charge in [0.1, 0.15) is 0 Å². The Morgan fingerprint density at radius 3 is 3.00 bits per heavy atom. The second-order valence-corrected chi connectivity index (χ2v) is 4.74. The van der Waals surface area contributed by atoms with E-state index >= 15 is 0 Å². The number of fused-ring (bicyclic) bond motifs is 1. The number of carbonyl (C=O) groups is 3. The SMILES string of the molecule is CC(=O)NCCSC1=CC(=O)c2oncc2C1=O. The zero-order chi connectivity index (χ0) is 13.1. The number of carbonyl (C=O) groups excluding carboxylic acids is 3. The van der Waals surface area contributed by atoms with Crippen molar-refractivity contribution in [2.75, 3.05) is 12.3 Å². The highest BCUT2D eigenvalue weighted by atomic mass is 32.2. The maximum atomic E-state index is 11.9. The fourth-order valence-corrected chi connectivity index (χ4v) is 2.31. The van der Waals surface area contributed by atoms with Crippen LogP contribution in [0.2, 0.25) is 0 Å². The number of Topliss-reactive ketones (excluding diaryl/α,β-unsaturated/α-hetero) is 1. The summed E-state index contributed by atoms with van der Waals surface area (Å²) >= 11 is 1.22. The number of rotatable bonds is 4. The lowest BCUT2D eigenvalue weighted by atomic mass is 10.0. The number of hydrogen-bond donors (Lipinski definition) is 1. The van der Waals surface area contributed by atoms with Gasteiger partial charge in [-0.2, -0.15) is 0 Å². The van der Waals surface area contributed by atoms with Gasteiger partial charge in [-0.1, -0.05) is 5.16 Å². The van der Waals surface area contributed by atoms with Crippen LogP contribution in [0.1, 0.15) is 27.8 Å². The maximum absolute atomic E-state index is 11.9. The third-order valence-corrected chi connectivity index (χ3v) is 3.28. The molecular formula is C11H10N2O4S. The minimum Gasteiger partial charge on any atom is -0.356 e. The number of allylic oxidation sites excluding steroid dienone is 2. The molecule has 1 amide bonds. The van der Waals surface area contributed by atoms with Gasteiger partial charge in [-0.25, -0.2) is 0 Å². The topological polar surface area (TPSA) is 89.3 Å². The maximum Gasteiger partial charge on any atom is 0.225 e. The lowest BCUT2D eigenvalue weighted by Crippen LogP contribution is -2.23. The Kier molecular flexibility index (Phi) is 3.61. The Morgan fingerprint density at radius 2 is 2.28 bits per heavy atom. The summed E-state index contributed by atoms with van der Waals surface area (Å²) in [7, 11) is 0. The first-order chi connectivity index (χ1) is 8.59. The van der Waals surface area contributed by atoms with Crippen molar-refractivity contribution in [2.45, 2.75) is 6.92 Å². The van der Waals surface area contributed by atoms with E-state index in [2.05, 4.69) is 10.5 Å². The van der Waals surface area contributed by atoms with Crippen molar-refractivity contribution in [1.29, 1.82) is 0 Å². The molecule has 1 aromatic rings. The van der Waals surface area contributed by atoms with E-state index < -0.39 is 0 Å². The molecule has 1 heterocycles. The van der Waals surface area contributed by atoms with Gasteiger partial charge in [-0.05, 0) is 0 Å². The smallest absolute Gasteiger partial charge is 0.225 e. The Balaban J connectivity index is 2.00. The van der Waals surface area contributed by atoms with Crippen molar-refractivity contribution in [2.24, 2.45) is 0 Å². The van der Waals surface area contributed by atoms with Gasteiger partial charge in [0, 0.05) is 25.3 Å². The van der Waals surface area contributed by atoms with Crippen molar-refractivity contribution < 1.29 is 18.9 Å². The van der Waals surface area contributed by atoms with E-state index in [0.717, 1.165) is 0 Å². The number of thioether (sulfide) groups is 1. The van der Waals surface area contributed by atoms with E-state index in [1.54, 1.807) is 0 Å². The van der Waals surface area contributed by atoms with Gasteiger partial charge in [0.05, 0.1) is 16.7 Å². The van der Waals surface area contributed by atoms with Gasteiger partial charge in [0.25, 0.3) is 0 Å². The predicted molar refractivity (Wildman–Crippen MR) is 64.4 cm³/mol. The summed E-state index contributed by atoms with van der Waals surface area (Å²) in [5.41, 5.74) is 0.199. The molecular weight excluding hydrogens is 256 g/mol. The molecule has 1 N–H and O–H groups in total. The molecule has 94 valence electrons. The van der Waals surface area contributed by atoms with Gasteiger partial charge in [0.15, 0.2) is 0 Å². The van der Waals surface area contributed by atoms with Crippen LogP contribution in [0, 0.1) is 0 Å². The quantitative estimate of drug-likeness (QED) is 0.811. The summed E-state index contributed by atoms with van der Waals surface area (Å²) in [6.07, 6.45) is 2.49. The van der Waals surface area contributed by atoms with E-state index in [9.17, 15) is 14.4 Å². The van der Waals surface area contributed by atoms with Crippen molar-refractivity contribution >= 4 is 29.2 Å². The third-order valence-electron chi connectivity index (χ3n) is 2.26. The van der Waals surface area contributed by atoms with Crippen LogP contribution in [0.25, 0.3) is 0 Å². The zero-order valence-electron chi connectivity index (χ0n) is 9.56. The standard InChI is InChI=1S/C11H10N2O4S/c1-6(14)12-2-3-18-9-4-8(15)11-7(10(9)16)5-13-17-11/h4-5H,2-3H2,1H3,(H,12,14). The predicted octanol–water partition coefficient (Wildman–Crippen LogP) is 0.807.